The minimum Gasteiger partial charge on any atom is -0.350 e. The zero-order valence-electron chi connectivity index (χ0n) is 11.5. The van der Waals surface area contributed by atoms with Gasteiger partial charge >= 0.3 is 0 Å². The van der Waals surface area contributed by atoms with Crippen molar-refractivity contribution in [2.75, 3.05) is 12.3 Å². The van der Waals surface area contributed by atoms with Crippen LogP contribution in [0.25, 0.3) is 5.52 Å². The van der Waals surface area contributed by atoms with E-state index in [4.69, 9.17) is 0 Å². The van der Waals surface area contributed by atoms with E-state index in [1.165, 1.54) is 0 Å². The van der Waals surface area contributed by atoms with Crippen molar-refractivity contribution in [3.8, 4) is 0 Å². The number of fused-ring (bicyclic) bond motifs is 1. The van der Waals surface area contributed by atoms with Crippen molar-refractivity contribution in [2.24, 2.45) is 0 Å². The molecule has 0 aliphatic carbocycles. The van der Waals surface area contributed by atoms with Gasteiger partial charge in [0.25, 0.3) is 5.91 Å². The smallest absolute Gasteiger partial charge is 0.268 e. The maximum absolute atomic E-state index is 12.0. The summed E-state index contributed by atoms with van der Waals surface area (Å²) in [4.78, 5) is 12.0. The predicted molar refractivity (Wildman–Crippen MR) is 78.7 cm³/mol. The van der Waals surface area contributed by atoms with E-state index in [9.17, 15) is 13.2 Å². The average Bonchev–Trinajstić information content (AvgIpc) is 2.82. The minimum absolute atomic E-state index is 0.0419. The molecule has 108 valence electrons. The van der Waals surface area contributed by atoms with E-state index in [1.54, 1.807) is 30.5 Å². The van der Waals surface area contributed by atoms with Gasteiger partial charge in [0.15, 0.2) is 9.84 Å². The molecule has 0 bridgehead atoms. The molecule has 6 heteroatoms. The van der Waals surface area contributed by atoms with Crippen LogP contribution in [0.4, 0.5) is 0 Å². The molecule has 0 aliphatic rings. The summed E-state index contributed by atoms with van der Waals surface area (Å²) >= 11 is 0. The maximum Gasteiger partial charge on any atom is 0.268 e. The van der Waals surface area contributed by atoms with Crippen LogP contribution >= 0.6 is 0 Å². The van der Waals surface area contributed by atoms with E-state index < -0.39 is 15.1 Å². The van der Waals surface area contributed by atoms with Crippen molar-refractivity contribution < 1.29 is 13.2 Å². The summed E-state index contributed by atoms with van der Waals surface area (Å²) in [5.41, 5.74) is 1.43. The molecule has 2 heterocycles. The summed E-state index contributed by atoms with van der Waals surface area (Å²) in [5.74, 6) is -0.310. The Kier molecular flexibility index (Phi) is 4.13. The molecule has 2 aromatic heterocycles. The number of hydrogen-bond donors (Lipinski definition) is 1. The zero-order valence-corrected chi connectivity index (χ0v) is 12.4. The fourth-order valence-corrected chi connectivity index (χ4v) is 2.73. The Morgan fingerprint density at radius 2 is 2.00 bits per heavy atom. The van der Waals surface area contributed by atoms with Gasteiger partial charge < -0.3 is 9.72 Å². The SMILES string of the molecule is CC(C)S(=O)(=O)CCNC(=O)c1ccc2ccccn12. The van der Waals surface area contributed by atoms with Crippen molar-refractivity contribution in [1.82, 2.24) is 9.72 Å². The molecule has 0 aliphatic heterocycles. The Morgan fingerprint density at radius 3 is 2.70 bits per heavy atom. The molecule has 0 saturated heterocycles. The number of nitrogens with one attached hydrogen (secondary N) is 1. The van der Waals surface area contributed by atoms with Crippen LogP contribution in [0.5, 0.6) is 0 Å². The van der Waals surface area contributed by atoms with Crippen LogP contribution in [0, 0.1) is 0 Å². The molecule has 0 aromatic carbocycles. The van der Waals surface area contributed by atoms with Gasteiger partial charge in [-0.1, -0.05) is 6.07 Å². The molecule has 0 unspecified atom stereocenters. The number of carbonyl (C=O) groups is 1. The highest BCUT2D eigenvalue weighted by Crippen LogP contribution is 2.09. The Bertz CT molecular complexity index is 717. The van der Waals surface area contributed by atoms with Gasteiger partial charge in [-0.15, -0.1) is 0 Å². The standard InChI is InChI=1S/C14H18N2O3S/c1-11(2)20(18,19)10-8-15-14(17)13-7-6-12-5-3-4-9-16(12)13/h3-7,9,11H,8,10H2,1-2H3,(H,15,17). The highest BCUT2D eigenvalue weighted by molar-refractivity contribution is 7.92. The van der Waals surface area contributed by atoms with Crippen LogP contribution in [0.15, 0.2) is 36.5 Å². The fraction of sp³-hybridized carbons (Fsp3) is 0.357. The molecule has 2 rings (SSSR count). The van der Waals surface area contributed by atoms with Gasteiger partial charge in [0.05, 0.1) is 11.0 Å². The molecule has 20 heavy (non-hydrogen) atoms. The van der Waals surface area contributed by atoms with Gasteiger partial charge in [-0.25, -0.2) is 8.42 Å². The van der Waals surface area contributed by atoms with Crippen molar-refractivity contribution in [1.29, 1.82) is 0 Å². The minimum atomic E-state index is -3.13. The number of nitrogens with zero attached hydrogens (tertiary/aromatic N) is 1. The maximum atomic E-state index is 12.0. The second-order valence-electron chi connectivity index (χ2n) is 4.89. The van der Waals surface area contributed by atoms with E-state index in [-0.39, 0.29) is 18.2 Å². The molecular formula is C14H18N2O3S. The third-order valence-electron chi connectivity index (χ3n) is 3.19. The molecule has 1 amide bonds. The second-order valence-corrected chi connectivity index (χ2v) is 7.56. The second kappa shape index (κ2) is 5.66. The van der Waals surface area contributed by atoms with E-state index in [1.807, 2.05) is 24.3 Å². The van der Waals surface area contributed by atoms with Gasteiger partial charge in [-0.2, -0.15) is 0 Å². The number of rotatable bonds is 5. The number of aromatic nitrogens is 1. The quantitative estimate of drug-likeness (QED) is 0.908. The van der Waals surface area contributed by atoms with Crippen molar-refractivity contribution in [3.63, 3.8) is 0 Å². The predicted octanol–water partition coefficient (Wildman–Crippen LogP) is 1.49. The van der Waals surface area contributed by atoms with Crippen molar-refractivity contribution in [2.45, 2.75) is 19.1 Å². The van der Waals surface area contributed by atoms with E-state index in [2.05, 4.69) is 5.32 Å². The molecule has 0 radical (unpaired) electrons. The lowest BCUT2D eigenvalue weighted by Gasteiger charge is -2.09. The highest BCUT2D eigenvalue weighted by atomic mass is 32.2. The lowest BCUT2D eigenvalue weighted by molar-refractivity contribution is 0.0950. The van der Waals surface area contributed by atoms with Crippen molar-refractivity contribution >= 4 is 21.3 Å². The first kappa shape index (κ1) is 14.6. The van der Waals surface area contributed by atoms with Crippen LogP contribution < -0.4 is 5.32 Å². The first-order valence-corrected chi connectivity index (χ1v) is 8.19. The molecule has 0 spiro atoms. The molecule has 2 aromatic rings. The number of amides is 1. The number of carbonyl (C=O) groups excluding carboxylic acids is 1. The van der Waals surface area contributed by atoms with Crippen LogP contribution in [-0.4, -0.2) is 36.3 Å². The number of sulfone groups is 1. The summed E-state index contributed by atoms with van der Waals surface area (Å²) in [7, 11) is -3.13. The molecule has 5 nitrogen and oxygen atoms in total. The van der Waals surface area contributed by atoms with Gasteiger partial charge in [-0.3, -0.25) is 4.79 Å². The first-order chi connectivity index (χ1) is 9.42. The highest BCUT2D eigenvalue weighted by Gasteiger charge is 2.17. The van der Waals surface area contributed by atoms with Gasteiger partial charge in [0, 0.05) is 18.3 Å². The summed E-state index contributed by atoms with van der Waals surface area (Å²) in [6, 6.07) is 9.21. The van der Waals surface area contributed by atoms with E-state index in [0.717, 1.165) is 5.52 Å². The largest absolute Gasteiger partial charge is 0.350 e. The average molecular weight is 294 g/mol. The Labute approximate surface area is 118 Å². The third-order valence-corrected chi connectivity index (χ3v) is 5.40. The molecular weight excluding hydrogens is 276 g/mol. The summed E-state index contributed by atoms with van der Waals surface area (Å²) in [6.45, 7) is 3.40. The Morgan fingerprint density at radius 1 is 1.25 bits per heavy atom. The monoisotopic (exact) mass is 294 g/mol. The lowest BCUT2D eigenvalue weighted by Crippen LogP contribution is -2.32. The van der Waals surface area contributed by atoms with Gasteiger partial charge in [0.1, 0.15) is 5.69 Å². The number of hydrogen-bond acceptors (Lipinski definition) is 3. The molecule has 0 fully saturated rings. The van der Waals surface area contributed by atoms with Crippen LogP contribution in [-0.2, 0) is 9.84 Å². The summed E-state index contributed by atoms with van der Waals surface area (Å²) in [5, 5.41) is 2.23. The first-order valence-electron chi connectivity index (χ1n) is 6.47. The van der Waals surface area contributed by atoms with Crippen LogP contribution in [0.1, 0.15) is 24.3 Å². The van der Waals surface area contributed by atoms with Crippen LogP contribution in [0.3, 0.4) is 0 Å². The van der Waals surface area contributed by atoms with Gasteiger partial charge in [0.2, 0.25) is 0 Å². The summed E-state index contributed by atoms with van der Waals surface area (Å²) in [6.07, 6.45) is 1.80. The van der Waals surface area contributed by atoms with Crippen molar-refractivity contribution in [3.05, 3.63) is 42.2 Å². The Hall–Kier alpha value is -1.82. The lowest BCUT2D eigenvalue weighted by atomic mass is 10.4. The topological polar surface area (TPSA) is 67.7 Å². The number of pyridine rings is 1. The Balaban J connectivity index is 2.03. The van der Waals surface area contributed by atoms with Gasteiger partial charge in [-0.05, 0) is 38.1 Å². The normalized spacial score (nSPS) is 11.9. The molecule has 1 N–H and O–H groups in total. The zero-order chi connectivity index (χ0) is 14.8. The van der Waals surface area contributed by atoms with Crippen LogP contribution in [0.2, 0.25) is 0 Å². The third kappa shape index (κ3) is 3.01. The molecule has 0 atom stereocenters. The fourth-order valence-electron chi connectivity index (χ4n) is 1.87. The molecule has 0 saturated carbocycles. The summed E-state index contributed by atoms with van der Waals surface area (Å²) < 4.78 is 25.1. The van der Waals surface area contributed by atoms with E-state index in [0.29, 0.717) is 5.69 Å². The van der Waals surface area contributed by atoms with E-state index >= 15 is 0 Å².